The molecule has 0 unspecified atom stereocenters. The van der Waals surface area contributed by atoms with Crippen LogP contribution >= 0.6 is 11.3 Å². The number of hydrogen-bond acceptors (Lipinski definition) is 6. The Morgan fingerprint density at radius 3 is 1.27 bits per heavy atom. The fraction of sp³-hybridized carbons (Fsp3) is 0. The molecule has 0 saturated carbocycles. The number of aromatic nitrogens is 5. The molecule has 6 heteroatoms. The number of hydrogen-bond donors (Lipinski definition) is 0. The third kappa shape index (κ3) is 6.61. The van der Waals surface area contributed by atoms with E-state index >= 15 is 0 Å². The van der Waals surface area contributed by atoms with Crippen molar-refractivity contribution in [1.29, 1.82) is 0 Å². The Labute approximate surface area is 345 Å². The second-order valence-corrected chi connectivity index (χ2v) is 15.7. The Morgan fingerprint density at radius 2 is 0.763 bits per heavy atom. The maximum absolute atomic E-state index is 5.17. The monoisotopic (exact) mass is 771 g/mol. The van der Waals surface area contributed by atoms with Gasteiger partial charge < -0.3 is 0 Å². The number of benzene rings is 6. The fourth-order valence-corrected chi connectivity index (χ4v) is 9.03. The summed E-state index contributed by atoms with van der Waals surface area (Å²) in [5.41, 5.74) is 15.0. The largest absolute Gasteiger partial charge is 0.264 e. The summed E-state index contributed by atoms with van der Waals surface area (Å²) in [6.07, 6.45) is 15.3. The molecule has 11 aromatic rings. The Balaban J connectivity index is 1.18. The van der Waals surface area contributed by atoms with Gasteiger partial charge in [-0.3, -0.25) is 19.9 Å². The van der Waals surface area contributed by atoms with Gasteiger partial charge in [-0.2, -0.15) is 0 Å². The van der Waals surface area contributed by atoms with E-state index in [4.69, 9.17) is 15.0 Å². The summed E-state index contributed by atoms with van der Waals surface area (Å²) in [7, 11) is 0. The van der Waals surface area contributed by atoms with E-state index in [1.165, 1.54) is 0 Å². The number of para-hydroxylation sites is 1. The Kier molecular flexibility index (Phi) is 8.60. The second-order valence-electron chi connectivity index (χ2n) is 14.7. The van der Waals surface area contributed by atoms with Gasteiger partial charge in [0.15, 0.2) is 0 Å². The van der Waals surface area contributed by atoms with Gasteiger partial charge in [-0.1, -0.05) is 72.8 Å². The first-order valence-corrected chi connectivity index (χ1v) is 20.3. The third-order valence-corrected chi connectivity index (χ3v) is 12.0. The van der Waals surface area contributed by atoms with E-state index < -0.39 is 0 Å². The van der Waals surface area contributed by atoms with Crippen LogP contribution in [0.2, 0.25) is 0 Å². The Bertz CT molecular complexity index is 3140. The fourth-order valence-electron chi connectivity index (χ4n) is 8.07. The maximum Gasteiger partial charge on any atom is 0.124 e. The van der Waals surface area contributed by atoms with Crippen LogP contribution in [0.15, 0.2) is 201 Å². The topological polar surface area (TPSA) is 64.5 Å². The van der Waals surface area contributed by atoms with Crippen LogP contribution in [-0.4, -0.2) is 24.9 Å². The van der Waals surface area contributed by atoms with Gasteiger partial charge in [0.25, 0.3) is 0 Å². The molecule has 0 N–H and O–H groups in total. The van der Waals surface area contributed by atoms with Gasteiger partial charge in [0, 0.05) is 88.2 Å². The highest BCUT2D eigenvalue weighted by Crippen LogP contribution is 2.42. The number of nitrogens with zero attached hydrogens (tertiary/aromatic N) is 5. The smallest absolute Gasteiger partial charge is 0.124 e. The zero-order valence-electron chi connectivity index (χ0n) is 31.7. The lowest BCUT2D eigenvalue weighted by Crippen LogP contribution is -1.92. The van der Waals surface area contributed by atoms with Crippen molar-refractivity contribution in [3.05, 3.63) is 201 Å². The zero-order valence-corrected chi connectivity index (χ0v) is 32.5. The van der Waals surface area contributed by atoms with Gasteiger partial charge >= 0.3 is 0 Å². The summed E-state index contributed by atoms with van der Waals surface area (Å²) in [5.74, 6) is 0. The molecule has 0 fully saturated rings. The summed E-state index contributed by atoms with van der Waals surface area (Å²) in [6.45, 7) is 0. The molecule has 0 bridgehead atoms. The van der Waals surface area contributed by atoms with Gasteiger partial charge in [0.05, 0.1) is 10.2 Å². The standard InChI is InChI=1S/C53H33N5S/c1-3-13-47-36(9-1)30-56-32-49(47)44-23-43(24-45(27-44)50-33-57-31-37-10-2-4-14-48(37)50)42-22-41(25-46(26-42)53-58-51-15-5-6-16-52(51)59-53)40-20-38(34-11-7-17-54-28-34)19-39(21-40)35-12-8-18-55-29-35/h1-33H. The molecule has 0 radical (unpaired) electrons. The minimum atomic E-state index is 0.970. The molecule has 6 aromatic carbocycles. The molecule has 5 aromatic heterocycles. The molecule has 0 atom stereocenters. The SMILES string of the molecule is c1cncc(-c2cc(-c3cccnc3)cc(-c3cc(-c4cc(-c5cncc6ccccc56)cc(-c5cncc6ccccc56)c4)cc(-c4nc5ccccc5s4)c3)c2)c1. The number of fused-ring (bicyclic) bond motifs is 3. The molecule has 5 heterocycles. The molecule has 0 spiro atoms. The normalized spacial score (nSPS) is 11.4. The lowest BCUT2D eigenvalue weighted by molar-refractivity contribution is 1.32. The molecular formula is C53H33N5S. The first kappa shape index (κ1) is 34.6. The zero-order chi connectivity index (χ0) is 39.1. The molecule has 0 saturated heterocycles. The molecule has 59 heavy (non-hydrogen) atoms. The molecule has 11 rings (SSSR count). The van der Waals surface area contributed by atoms with E-state index in [0.29, 0.717) is 0 Å². The quantitative estimate of drug-likeness (QED) is 0.161. The Hall–Kier alpha value is -7.67. The molecule has 0 aliphatic rings. The first-order valence-electron chi connectivity index (χ1n) is 19.5. The van der Waals surface area contributed by atoms with Crippen molar-refractivity contribution >= 4 is 43.1 Å². The average molecular weight is 772 g/mol. The lowest BCUT2D eigenvalue weighted by atomic mass is 9.89. The van der Waals surface area contributed by atoms with Crippen LogP contribution in [0.3, 0.4) is 0 Å². The highest BCUT2D eigenvalue weighted by atomic mass is 32.1. The van der Waals surface area contributed by atoms with Crippen molar-refractivity contribution in [3.63, 3.8) is 0 Å². The van der Waals surface area contributed by atoms with Gasteiger partial charge in [0.1, 0.15) is 5.01 Å². The van der Waals surface area contributed by atoms with E-state index in [-0.39, 0.29) is 0 Å². The molecule has 0 aliphatic carbocycles. The molecule has 5 nitrogen and oxygen atoms in total. The van der Waals surface area contributed by atoms with Crippen molar-refractivity contribution in [1.82, 2.24) is 24.9 Å². The van der Waals surface area contributed by atoms with E-state index in [1.54, 1.807) is 11.3 Å². The van der Waals surface area contributed by atoms with Crippen molar-refractivity contribution in [3.8, 4) is 77.3 Å². The van der Waals surface area contributed by atoms with Crippen molar-refractivity contribution in [2.75, 3.05) is 0 Å². The van der Waals surface area contributed by atoms with Gasteiger partial charge in [0.2, 0.25) is 0 Å². The van der Waals surface area contributed by atoms with Crippen LogP contribution in [0.25, 0.3) is 109 Å². The van der Waals surface area contributed by atoms with Crippen LogP contribution in [0.5, 0.6) is 0 Å². The predicted octanol–water partition coefficient (Wildman–Crippen LogP) is 13.9. The minimum absolute atomic E-state index is 0.970. The van der Waals surface area contributed by atoms with Gasteiger partial charge in [-0.25, -0.2) is 4.98 Å². The lowest BCUT2D eigenvalue weighted by Gasteiger charge is -2.16. The van der Waals surface area contributed by atoms with Crippen LogP contribution in [-0.2, 0) is 0 Å². The average Bonchev–Trinajstić information content (AvgIpc) is 3.76. The summed E-state index contributed by atoms with van der Waals surface area (Å²) in [4.78, 5) is 23.5. The maximum atomic E-state index is 5.17. The summed E-state index contributed by atoms with van der Waals surface area (Å²) in [6, 6.07) is 54.0. The van der Waals surface area contributed by atoms with Crippen LogP contribution in [0.1, 0.15) is 0 Å². The first-order chi connectivity index (χ1) is 29.2. The van der Waals surface area contributed by atoms with E-state index in [0.717, 1.165) is 109 Å². The summed E-state index contributed by atoms with van der Waals surface area (Å²) >= 11 is 1.72. The van der Waals surface area contributed by atoms with Gasteiger partial charge in [-0.15, -0.1) is 11.3 Å². The highest BCUT2D eigenvalue weighted by Gasteiger charge is 2.17. The van der Waals surface area contributed by atoms with Gasteiger partial charge in [-0.05, 0) is 134 Å². The van der Waals surface area contributed by atoms with Crippen molar-refractivity contribution in [2.24, 2.45) is 0 Å². The van der Waals surface area contributed by atoms with E-state index in [1.807, 2.05) is 61.7 Å². The van der Waals surface area contributed by atoms with E-state index in [2.05, 4.69) is 149 Å². The molecular weight excluding hydrogens is 739 g/mol. The molecule has 276 valence electrons. The van der Waals surface area contributed by atoms with Crippen LogP contribution < -0.4 is 0 Å². The summed E-state index contributed by atoms with van der Waals surface area (Å²) < 4.78 is 1.16. The van der Waals surface area contributed by atoms with Crippen LogP contribution in [0, 0.1) is 0 Å². The highest BCUT2D eigenvalue weighted by molar-refractivity contribution is 7.21. The van der Waals surface area contributed by atoms with Crippen LogP contribution in [0.4, 0.5) is 0 Å². The predicted molar refractivity (Wildman–Crippen MR) is 244 cm³/mol. The second kappa shape index (κ2) is 14.7. The Morgan fingerprint density at radius 1 is 0.322 bits per heavy atom. The number of thiazole rings is 1. The van der Waals surface area contributed by atoms with Crippen molar-refractivity contribution in [2.45, 2.75) is 0 Å². The molecule has 0 amide bonds. The summed E-state index contributed by atoms with van der Waals surface area (Å²) in [5, 5.41) is 5.48. The minimum Gasteiger partial charge on any atom is -0.264 e. The third-order valence-electron chi connectivity index (χ3n) is 11.0. The number of pyridine rings is 4. The van der Waals surface area contributed by atoms with E-state index in [9.17, 15) is 0 Å². The number of rotatable bonds is 7. The van der Waals surface area contributed by atoms with Crippen molar-refractivity contribution < 1.29 is 0 Å². The molecule has 0 aliphatic heterocycles.